The lowest BCUT2D eigenvalue weighted by atomic mass is 10.2. The molecule has 0 heterocycles. The molecule has 2 N–H and O–H groups in total. The van der Waals surface area contributed by atoms with Crippen molar-refractivity contribution in [2.45, 2.75) is 12.2 Å². The number of halogens is 5. The van der Waals surface area contributed by atoms with Crippen molar-refractivity contribution in [2.24, 2.45) is 0 Å². The fraction of sp³-hybridized carbons (Fsp3) is 0.250. The maximum absolute atomic E-state index is 11.9. The smallest absolute Gasteiger partial charge is 0.404 e. The molecule has 0 atom stereocenters. The van der Waals surface area contributed by atoms with Crippen molar-refractivity contribution in [1.82, 2.24) is 0 Å². The summed E-state index contributed by atoms with van der Waals surface area (Å²) < 4.78 is 40.1. The molecule has 1 aromatic rings. The number of nitrogen functional groups attached to an aromatic ring is 1. The molecule has 7 heteroatoms. The summed E-state index contributed by atoms with van der Waals surface area (Å²) in [5.41, 5.74) is 5.72. The third-order valence-electron chi connectivity index (χ3n) is 1.62. The number of nitrogens with two attached hydrogens (primary N) is 1. The first kappa shape index (κ1) is 12.4. The Kier molecular flexibility index (Phi) is 3.72. The van der Waals surface area contributed by atoms with Gasteiger partial charge in [-0.2, -0.15) is 0 Å². The van der Waals surface area contributed by atoms with Gasteiger partial charge >= 0.3 is 6.36 Å². The Bertz CT molecular complexity index is 370. The maximum atomic E-state index is 11.9. The molecule has 0 bridgehead atoms. The number of hydrogen-bond acceptors (Lipinski definition) is 2. The summed E-state index contributed by atoms with van der Waals surface area (Å²) in [6, 6.07) is 2.53. The normalized spacial score (nSPS) is 11.5. The van der Waals surface area contributed by atoms with E-state index in [-0.39, 0.29) is 11.6 Å². The minimum atomic E-state index is -4.76. The molecule has 2 nitrogen and oxygen atoms in total. The van der Waals surface area contributed by atoms with Crippen LogP contribution in [-0.2, 0) is 5.88 Å². The van der Waals surface area contributed by atoms with E-state index in [0.29, 0.717) is 10.0 Å². The van der Waals surface area contributed by atoms with Gasteiger partial charge in [-0.15, -0.1) is 24.8 Å². The molecule has 0 fully saturated rings. The van der Waals surface area contributed by atoms with Gasteiger partial charge in [-0.25, -0.2) is 0 Å². The average Bonchev–Trinajstić information content (AvgIpc) is 2.09. The number of anilines is 1. The van der Waals surface area contributed by atoms with Crippen molar-refractivity contribution in [3.8, 4) is 5.75 Å². The first-order valence-corrected chi connectivity index (χ1v) is 5.06. The third-order valence-corrected chi connectivity index (χ3v) is 2.63. The lowest BCUT2D eigenvalue weighted by molar-refractivity contribution is -0.274. The van der Waals surface area contributed by atoms with Gasteiger partial charge in [0.15, 0.2) is 5.75 Å². The Balaban J connectivity index is 3.11. The summed E-state index contributed by atoms with van der Waals surface area (Å²) in [4.78, 5) is 0. The van der Waals surface area contributed by atoms with Crippen molar-refractivity contribution in [3.05, 3.63) is 22.2 Å². The fourth-order valence-electron chi connectivity index (χ4n) is 0.966. The van der Waals surface area contributed by atoms with E-state index in [4.69, 9.17) is 17.3 Å². The van der Waals surface area contributed by atoms with E-state index in [2.05, 4.69) is 20.7 Å². The first-order chi connectivity index (χ1) is 6.85. The average molecular weight is 304 g/mol. The van der Waals surface area contributed by atoms with Gasteiger partial charge in [0, 0.05) is 10.0 Å². The van der Waals surface area contributed by atoms with E-state index >= 15 is 0 Å². The predicted molar refractivity (Wildman–Crippen MR) is 54.8 cm³/mol. The van der Waals surface area contributed by atoms with Crippen LogP contribution < -0.4 is 10.5 Å². The van der Waals surface area contributed by atoms with Crippen molar-refractivity contribution in [3.63, 3.8) is 0 Å². The summed E-state index contributed by atoms with van der Waals surface area (Å²) in [5, 5.41) is 0. The van der Waals surface area contributed by atoms with Gasteiger partial charge in [0.1, 0.15) is 0 Å². The van der Waals surface area contributed by atoms with Gasteiger partial charge in [-0.1, -0.05) is 15.9 Å². The van der Waals surface area contributed by atoms with Crippen molar-refractivity contribution in [1.29, 1.82) is 0 Å². The molecule has 0 saturated heterocycles. The Morgan fingerprint density at radius 2 is 2.00 bits per heavy atom. The zero-order valence-electron chi connectivity index (χ0n) is 7.24. The zero-order valence-corrected chi connectivity index (χ0v) is 9.58. The Labute approximate surface area is 97.3 Å². The fourth-order valence-corrected chi connectivity index (χ4v) is 1.90. The summed E-state index contributed by atoms with van der Waals surface area (Å²) in [7, 11) is 0. The van der Waals surface area contributed by atoms with Gasteiger partial charge in [0.25, 0.3) is 0 Å². The highest BCUT2D eigenvalue weighted by molar-refractivity contribution is 9.10. The summed E-state index contributed by atoms with van der Waals surface area (Å²) in [5.74, 6) is -0.442. The Hall–Kier alpha value is -0.620. The Morgan fingerprint density at radius 3 is 2.47 bits per heavy atom. The summed E-state index contributed by atoms with van der Waals surface area (Å²) >= 11 is 8.65. The number of benzene rings is 1. The largest absolute Gasteiger partial charge is 0.573 e. The molecule has 15 heavy (non-hydrogen) atoms. The van der Waals surface area contributed by atoms with Crippen LogP contribution in [0.15, 0.2) is 16.6 Å². The lowest BCUT2D eigenvalue weighted by Gasteiger charge is -2.13. The van der Waals surface area contributed by atoms with Crippen LogP contribution in [0.1, 0.15) is 5.56 Å². The Morgan fingerprint density at radius 1 is 1.40 bits per heavy atom. The number of alkyl halides is 4. The van der Waals surface area contributed by atoms with Crippen LogP contribution in [0.4, 0.5) is 18.9 Å². The molecule has 1 aromatic carbocycles. The van der Waals surface area contributed by atoms with E-state index in [1.807, 2.05) is 0 Å². The third kappa shape index (κ3) is 3.17. The second-order valence-electron chi connectivity index (χ2n) is 2.62. The monoisotopic (exact) mass is 303 g/mol. The highest BCUT2D eigenvalue weighted by Crippen LogP contribution is 2.35. The summed E-state index contributed by atoms with van der Waals surface area (Å²) in [6.07, 6.45) is -4.76. The molecule has 0 unspecified atom stereocenters. The standard InChI is InChI=1S/C8H6BrClF3NO/c9-5-1-2-6(15-8(11,12)13)7(14)4(5)3-10/h1-2H,3,14H2. The van der Waals surface area contributed by atoms with E-state index in [9.17, 15) is 13.2 Å². The van der Waals surface area contributed by atoms with E-state index in [0.717, 1.165) is 6.07 Å². The van der Waals surface area contributed by atoms with Gasteiger partial charge in [0.2, 0.25) is 0 Å². The van der Waals surface area contributed by atoms with Crippen molar-refractivity contribution < 1.29 is 17.9 Å². The van der Waals surface area contributed by atoms with Crippen LogP contribution in [0.25, 0.3) is 0 Å². The number of ether oxygens (including phenoxy) is 1. The maximum Gasteiger partial charge on any atom is 0.573 e. The van der Waals surface area contributed by atoms with E-state index in [1.165, 1.54) is 6.07 Å². The second-order valence-corrected chi connectivity index (χ2v) is 3.74. The van der Waals surface area contributed by atoms with Crippen LogP contribution in [-0.4, -0.2) is 6.36 Å². The molecule has 84 valence electrons. The minimum absolute atomic E-state index is 0.00146. The predicted octanol–water partition coefficient (Wildman–Crippen LogP) is 3.67. The molecule has 0 aliphatic rings. The molecule has 0 amide bonds. The molecule has 0 saturated carbocycles. The molecule has 1 rings (SSSR count). The highest BCUT2D eigenvalue weighted by atomic mass is 79.9. The number of rotatable bonds is 2. The first-order valence-electron chi connectivity index (χ1n) is 3.73. The number of hydrogen-bond donors (Lipinski definition) is 1. The second kappa shape index (κ2) is 4.49. The molecular weight excluding hydrogens is 298 g/mol. The summed E-state index contributed by atoms with van der Waals surface area (Å²) in [6.45, 7) is 0. The van der Waals surface area contributed by atoms with Crippen LogP contribution in [0.3, 0.4) is 0 Å². The van der Waals surface area contributed by atoms with Gasteiger partial charge < -0.3 is 10.5 Å². The van der Waals surface area contributed by atoms with Crippen LogP contribution in [0.5, 0.6) is 5.75 Å². The van der Waals surface area contributed by atoms with E-state index < -0.39 is 12.1 Å². The van der Waals surface area contributed by atoms with Gasteiger partial charge in [-0.3, -0.25) is 0 Å². The lowest BCUT2D eigenvalue weighted by Crippen LogP contribution is -2.18. The molecule has 0 aromatic heterocycles. The van der Waals surface area contributed by atoms with Crippen LogP contribution in [0, 0.1) is 0 Å². The van der Waals surface area contributed by atoms with Crippen molar-refractivity contribution in [2.75, 3.05) is 5.73 Å². The van der Waals surface area contributed by atoms with Crippen molar-refractivity contribution >= 4 is 33.2 Å². The van der Waals surface area contributed by atoms with E-state index in [1.54, 1.807) is 0 Å². The molecular formula is C8H6BrClF3NO. The molecule has 0 spiro atoms. The topological polar surface area (TPSA) is 35.2 Å². The van der Waals surface area contributed by atoms with Crippen LogP contribution >= 0.6 is 27.5 Å². The molecule has 0 aliphatic carbocycles. The molecule has 0 aliphatic heterocycles. The van der Waals surface area contributed by atoms with Gasteiger partial charge in [0.05, 0.1) is 11.6 Å². The van der Waals surface area contributed by atoms with Gasteiger partial charge in [-0.05, 0) is 12.1 Å². The highest BCUT2D eigenvalue weighted by Gasteiger charge is 2.32. The molecule has 0 radical (unpaired) electrons. The quantitative estimate of drug-likeness (QED) is 0.668. The minimum Gasteiger partial charge on any atom is -0.404 e. The van der Waals surface area contributed by atoms with Crippen LogP contribution in [0.2, 0.25) is 0 Å². The SMILES string of the molecule is Nc1c(OC(F)(F)F)ccc(Br)c1CCl. The zero-order chi connectivity index (χ0) is 11.6.